The Hall–Kier alpha value is -2.70. The van der Waals surface area contributed by atoms with Crippen LogP contribution < -0.4 is 15.0 Å². The molecule has 25 heavy (non-hydrogen) atoms. The molecule has 0 radical (unpaired) electrons. The van der Waals surface area contributed by atoms with Gasteiger partial charge in [-0.15, -0.1) is 0 Å². The van der Waals surface area contributed by atoms with E-state index in [9.17, 15) is 9.59 Å². The van der Waals surface area contributed by atoms with Crippen molar-refractivity contribution in [3.05, 3.63) is 64.7 Å². The van der Waals surface area contributed by atoms with Crippen LogP contribution in [0.5, 0.6) is 5.75 Å². The molecule has 2 aromatic rings. The lowest BCUT2D eigenvalue weighted by Gasteiger charge is -2.29. The van der Waals surface area contributed by atoms with E-state index in [-0.39, 0.29) is 10.7 Å². The van der Waals surface area contributed by atoms with E-state index in [0.29, 0.717) is 22.0 Å². The van der Waals surface area contributed by atoms with Gasteiger partial charge < -0.3 is 4.74 Å². The van der Waals surface area contributed by atoms with Crippen LogP contribution in [0, 0.1) is 0 Å². The summed E-state index contributed by atoms with van der Waals surface area (Å²) in [5.74, 6) is -0.529. The number of hydrogen-bond acceptors (Lipinski definition) is 4. The minimum absolute atomic E-state index is 0.00874. The Labute approximate surface area is 154 Å². The van der Waals surface area contributed by atoms with Crippen LogP contribution in [0.15, 0.2) is 54.1 Å². The smallest absolute Gasteiger partial charge is 0.270 e. The second-order valence-corrected chi connectivity index (χ2v) is 6.00. The molecule has 0 atom stereocenters. The van der Waals surface area contributed by atoms with Crippen molar-refractivity contribution >= 4 is 52.5 Å². The highest BCUT2D eigenvalue weighted by molar-refractivity contribution is 7.80. The lowest BCUT2D eigenvalue weighted by Crippen LogP contribution is -2.54. The second kappa shape index (κ2) is 7.04. The van der Waals surface area contributed by atoms with Crippen LogP contribution in [0.3, 0.4) is 0 Å². The number of para-hydroxylation sites is 1. The summed E-state index contributed by atoms with van der Waals surface area (Å²) in [6.07, 6.45) is 1.48. The number of benzene rings is 2. The van der Waals surface area contributed by atoms with Gasteiger partial charge in [0.2, 0.25) is 0 Å². The number of amides is 2. The van der Waals surface area contributed by atoms with Crippen LogP contribution in [-0.2, 0) is 9.59 Å². The van der Waals surface area contributed by atoms with Crippen molar-refractivity contribution in [2.75, 3.05) is 12.0 Å². The number of nitrogens with zero attached hydrogens (tertiary/aromatic N) is 1. The molecule has 0 unspecified atom stereocenters. The Kier molecular flexibility index (Phi) is 4.83. The fourth-order valence-electron chi connectivity index (χ4n) is 2.45. The molecule has 7 heteroatoms. The van der Waals surface area contributed by atoms with E-state index in [2.05, 4.69) is 5.32 Å². The second-order valence-electron chi connectivity index (χ2n) is 5.18. The number of ether oxygens (including phenoxy) is 1. The average molecular weight is 373 g/mol. The Morgan fingerprint density at radius 2 is 1.92 bits per heavy atom. The summed E-state index contributed by atoms with van der Waals surface area (Å²) in [6, 6.07) is 13.8. The maximum absolute atomic E-state index is 12.9. The zero-order chi connectivity index (χ0) is 18.0. The van der Waals surface area contributed by atoms with Crippen molar-refractivity contribution in [2.24, 2.45) is 0 Å². The summed E-state index contributed by atoms with van der Waals surface area (Å²) in [5, 5.41) is 3.00. The Morgan fingerprint density at radius 1 is 1.16 bits per heavy atom. The lowest BCUT2D eigenvalue weighted by atomic mass is 10.1. The van der Waals surface area contributed by atoms with Crippen LogP contribution in [0.25, 0.3) is 6.08 Å². The SMILES string of the molecule is COc1ccccc1/C=C1\C(=O)NC(=S)N(c2cccc(Cl)c2)C1=O. The first-order valence-corrected chi connectivity index (χ1v) is 8.10. The van der Waals surface area contributed by atoms with E-state index in [4.69, 9.17) is 28.6 Å². The van der Waals surface area contributed by atoms with Gasteiger partial charge in [0, 0.05) is 10.6 Å². The molecule has 2 amide bonds. The number of carbonyl (C=O) groups is 2. The third kappa shape index (κ3) is 3.40. The summed E-state index contributed by atoms with van der Waals surface area (Å²) >= 11 is 11.1. The summed E-state index contributed by atoms with van der Waals surface area (Å²) in [5.41, 5.74) is 1.05. The fourth-order valence-corrected chi connectivity index (χ4v) is 2.91. The van der Waals surface area contributed by atoms with E-state index < -0.39 is 11.8 Å². The number of carbonyl (C=O) groups excluding carboxylic acids is 2. The number of thiocarbonyl (C=S) groups is 1. The molecule has 1 aliphatic heterocycles. The molecule has 0 bridgehead atoms. The number of nitrogens with one attached hydrogen (secondary N) is 1. The summed E-state index contributed by atoms with van der Waals surface area (Å²) < 4.78 is 5.26. The molecule has 0 aliphatic carbocycles. The third-order valence-corrected chi connectivity index (χ3v) is 4.13. The topological polar surface area (TPSA) is 58.6 Å². The maximum Gasteiger partial charge on any atom is 0.270 e. The number of anilines is 1. The van der Waals surface area contributed by atoms with Gasteiger partial charge in [-0.25, -0.2) is 0 Å². The van der Waals surface area contributed by atoms with Crippen molar-refractivity contribution in [1.82, 2.24) is 5.32 Å². The standard InChI is InChI=1S/C18H13ClN2O3S/c1-24-15-8-3-2-5-11(15)9-14-16(22)20-18(25)21(17(14)23)13-7-4-6-12(19)10-13/h2-10H,1H3,(H,20,22,25)/b14-9+. The normalized spacial score (nSPS) is 16.2. The summed E-state index contributed by atoms with van der Waals surface area (Å²) in [6.45, 7) is 0. The van der Waals surface area contributed by atoms with E-state index in [1.54, 1.807) is 48.5 Å². The van der Waals surface area contributed by atoms with Gasteiger partial charge in [-0.1, -0.05) is 35.9 Å². The molecular formula is C18H13ClN2O3S. The first-order chi connectivity index (χ1) is 12.0. The molecule has 5 nitrogen and oxygen atoms in total. The molecular weight excluding hydrogens is 360 g/mol. The van der Waals surface area contributed by atoms with Crippen LogP contribution in [0.1, 0.15) is 5.56 Å². The minimum atomic E-state index is -0.556. The van der Waals surface area contributed by atoms with Gasteiger partial charge in [0.25, 0.3) is 11.8 Å². The molecule has 0 spiro atoms. The van der Waals surface area contributed by atoms with Crippen molar-refractivity contribution in [2.45, 2.75) is 0 Å². The lowest BCUT2D eigenvalue weighted by molar-refractivity contribution is -0.122. The summed E-state index contributed by atoms with van der Waals surface area (Å²) in [7, 11) is 1.52. The van der Waals surface area contributed by atoms with Crippen molar-refractivity contribution < 1.29 is 14.3 Å². The van der Waals surface area contributed by atoms with Gasteiger partial charge in [-0.2, -0.15) is 0 Å². The van der Waals surface area contributed by atoms with Crippen molar-refractivity contribution in [3.8, 4) is 5.75 Å². The highest BCUT2D eigenvalue weighted by atomic mass is 35.5. The zero-order valence-corrected chi connectivity index (χ0v) is 14.7. The molecule has 126 valence electrons. The molecule has 3 rings (SSSR count). The monoisotopic (exact) mass is 372 g/mol. The van der Waals surface area contributed by atoms with Crippen LogP contribution in [0.4, 0.5) is 5.69 Å². The molecule has 1 saturated heterocycles. The molecule has 0 saturated carbocycles. The first kappa shape index (κ1) is 17.1. The highest BCUT2D eigenvalue weighted by Gasteiger charge is 2.34. The largest absolute Gasteiger partial charge is 0.496 e. The van der Waals surface area contributed by atoms with E-state index >= 15 is 0 Å². The molecule has 0 aromatic heterocycles. The molecule has 1 fully saturated rings. The van der Waals surface area contributed by atoms with Gasteiger partial charge in [0.05, 0.1) is 12.8 Å². The van der Waals surface area contributed by atoms with Crippen molar-refractivity contribution in [1.29, 1.82) is 0 Å². The maximum atomic E-state index is 12.9. The number of methoxy groups -OCH3 is 1. The van der Waals surface area contributed by atoms with Gasteiger partial charge in [0.15, 0.2) is 5.11 Å². The van der Waals surface area contributed by atoms with E-state index in [0.717, 1.165) is 0 Å². The molecule has 2 aromatic carbocycles. The van der Waals surface area contributed by atoms with Gasteiger partial charge in [-0.3, -0.25) is 19.8 Å². The van der Waals surface area contributed by atoms with Gasteiger partial charge in [-0.05, 0) is 42.6 Å². The number of rotatable bonds is 3. The fraction of sp³-hybridized carbons (Fsp3) is 0.0556. The predicted molar refractivity (Wildman–Crippen MR) is 101 cm³/mol. The zero-order valence-electron chi connectivity index (χ0n) is 13.2. The van der Waals surface area contributed by atoms with Gasteiger partial charge >= 0.3 is 0 Å². The molecule has 1 aliphatic rings. The first-order valence-electron chi connectivity index (χ1n) is 7.31. The van der Waals surface area contributed by atoms with E-state index in [1.807, 2.05) is 0 Å². The minimum Gasteiger partial charge on any atom is -0.496 e. The Balaban J connectivity index is 2.05. The van der Waals surface area contributed by atoms with E-state index in [1.165, 1.54) is 18.1 Å². The number of hydrogen-bond donors (Lipinski definition) is 1. The molecule has 1 heterocycles. The van der Waals surface area contributed by atoms with Crippen LogP contribution in [0.2, 0.25) is 5.02 Å². The quantitative estimate of drug-likeness (QED) is 0.510. The predicted octanol–water partition coefficient (Wildman–Crippen LogP) is 3.18. The summed E-state index contributed by atoms with van der Waals surface area (Å²) in [4.78, 5) is 26.4. The van der Waals surface area contributed by atoms with Crippen LogP contribution in [-0.4, -0.2) is 24.0 Å². The third-order valence-electron chi connectivity index (χ3n) is 3.61. The van der Waals surface area contributed by atoms with Gasteiger partial charge in [0.1, 0.15) is 11.3 Å². The number of halogens is 1. The van der Waals surface area contributed by atoms with Crippen molar-refractivity contribution in [3.63, 3.8) is 0 Å². The van der Waals surface area contributed by atoms with Crippen LogP contribution >= 0.6 is 23.8 Å². The Morgan fingerprint density at radius 3 is 2.64 bits per heavy atom. The molecule has 1 N–H and O–H groups in total. The average Bonchev–Trinajstić information content (AvgIpc) is 2.59. The Bertz CT molecular complexity index is 911. The highest BCUT2D eigenvalue weighted by Crippen LogP contribution is 2.26.